The third-order valence-electron chi connectivity index (χ3n) is 6.53. The van der Waals surface area contributed by atoms with Gasteiger partial charge in [0.1, 0.15) is 24.0 Å². The van der Waals surface area contributed by atoms with Crippen LogP contribution in [0.25, 0.3) is 27.5 Å². The highest BCUT2D eigenvalue weighted by Crippen LogP contribution is 2.31. The second-order valence-electron chi connectivity index (χ2n) is 8.77. The first-order chi connectivity index (χ1) is 18.0. The number of para-hydroxylation sites is 3. The van der Waals surface area contributed by atoms with Crippen LogP contribution in [-0.4, -0.2) is 46.6 Å². The summed E-state index contributed by atoms with van der Waals surface area (Å²) in [6.07, 6.45) is -0.366. The van der Waals surface area contributed by atoms with E-state index in [9.17, 15) is 9.59 Å². The van der Waals surface area contributed by atoms with Gasteiger partial charge in [-0.2, -0.15) is 9.78 Å². The maximum Gasteiger partial charge on any atom is 0.296 e. The molecule has 1 N–H and O–H groups in total. The molecule has 37 heavy (non-hydrogen) atoms. The largest absolute Gasteiger partial charge is 0.497 e. The number of methoxy groups -OCH3 is 1. The van der Waals surface area contributed by atoms with E-state index in [-0.39, 0.29) is 23.9 Å². The summed E-state index contributed by atoms with van der Waals surface area (Å²) >= 11 is 0. The zero-order valence-corrected chi connectivity index (χ0v) is 20.3. The lowest BCUT2D eigenvalue weighted by molar-refractivity contribution is 0.0786. The molecule has 0 bridgehead atoms. The maximum atomic E-state index is 13.7. The Morgan fingerprint density at radius 3 is 2.57 bits per heavy atom. The van der Waals surface area contributed by atoms with Gasteiger partial charge in [-0.05, 0) is 42.5 Å². The van der Waals surface area contributed by atoms with Crippen molar-refractivity contribution < 1.29 is 19.0 Å². The Balaban J connectivity index is 1.42. The smallest absolute Gasteiger partial charge is 0.296 e. The molecule has 0 spiro atoms. The minimum absolute atomic E-state index is 0.152. The summed E-state index contributed by atoms with van der Waals surface area (Å²) < 4.78 is 20.1. The molecule has 0 aliphatic carbocycles. The molecule has 5 aromatic rings. The van der Waals surface area contributed by atoms with Crippen molar-refractivity contribution >= 4 is 27.7 Å². The summed E-state index contributed by atoms with van der Waals surface area (Å²) in [7, 11) is 3.39. The molecule has 186 valence electrons. The number of amides is 1. The normalized spacial score (nSPS) is 14.6. The van der Waals surface area contributed by atoms with Gasteiger partial charge in [-0.15, -0.1) is 0 Å². The molecule has 0 saturated carbocycles. The Morgan fingerprint density at radius 2 is 1.78 bits per heavy atom. The number of fused-ring (bicyclic) bond motifs is 4. The van der Waals surface area contributed by atoms with Gasteiger partial charge in [-0.25, -0.2) is 0 Å². The Hall–Kier alpha value is -4.79. The number of ether oxygens (including phenoxy) is 3. The first-order valence-corrected chi connectivity index (χ1v) is 11.9. The van der Waals surface area contributed by atoms with E-state index in [1.165, 1.54) is 4.68 Å². The molecule has 3 aromatic carbocycles. The topological polar surface area (TPSA) is 96.6 Å². The molecule has 9 nitrogen and oxygen atoms in total. The van der Waals surface area contributed by atoms with E-state index < -0.39 is 5.91 Å². The molecule has 1 aliphatic rings. The van der Waals surface area contributed by atoms with Crippen molar-refractivity contribution in [2.24, 2.45) is 7.05 Å². The van der Waals surface area contributed by atoms with Gasteiger partial charge in [0.15, 0.2) is 17.2 Å². The predicted octanol–water partition coefficient (Wildman–Crippen LogP) is 3.46. The van der Waals surface area contributed by atoms with E-state index in [2.05, 4.69) is 10.4 Å². The summed E-state index contributed by atoms with van der Waals surface area (Å²) in [6.45, 7) is 0.516. The lowest BCUT2D eigenvalue weighted by Gasteiger charge is -2.26. The van der Waals surface area contributed by atoms with Crippen molar-refractivity contribution in [3.05, 3.63) is 88.8 Å². The van der Waals surface area contributed by atoms with Gasteiger partial charge in [-0.1, -0.05) is 30.3 Å². The minimum atomic E-state index is -0.411. The van der Waals surface area contributed by atoms with Gasteiger partial charge >= 0.3 is 0 Å². The van der Waals surface area contributed by atoms with Crippen molar-refractivity contribution in [1.29, 1.82) is 0 Å². The molecular weight excluding hydrogens is 472 g/mol. The Bertz CT molecular complexity index is 1700. The Labute approximate surface area is 211 Å². The monoisotopic (exact) mass is 496 g/mol. The summed E-state index contributed by atoms with van der Waals surface area (Å²) in [5.41, 5.74) is 1.57. The number of nitrogens with one attached hydrogen (secondary N) is 1. The van der Waals surface area contributed by atoms with Crippen LogP contribution in [0.4, 0.5) is 0 Å². The van der Waals surface area contributed by atoms with Crippen LogP contribution in [0.2, 0.25) is 0 Å². The summed E-state index contributed by atoms with van der Waals surface area (Å²) in [5, 5.41) is 8.78. The first kappa shape index (κ1) is 22.7. The van der Waals surface area contributed by atoms with Gasteiger partial charge in [0.2, 0.25) is 0 Å². The summed E-state index contributed by atoms with van der Waals surface area (Å²) in [6, 6.07) is 21.9. The van der Waals surface area contributed by atoms with Gasteiger partial charge in [0.25, 0.3) is 11.5 Å². The van der Waals surface area contributed by atoms with Crippen LogP contribution in [0.5, 0.6) is 17.2 Å². The van der Waals surface area contributed by atoms with Crippen LogP contribution in [-0.2, 0) is 7.05 Å². The van der Waals surface area contributed by atoms with Crippen LogP contribution in [0, 0.1) is 0 Å². The van der Waals surface area contributed by atoms with Crippen molar-refractivity contribution in [3.63, 3.8) is 0 Å². The molecule has 0 fully saturated rings. The van der Waals surface area contributed by atoms with Crippen LogP contribution < -0.4 is 25.1 Å². The van der Waals surface area contributed by atoms with Gasteiger partial charge in [0.05, 0.1) is 19.3 Å². The fraction of sp³-hybridized carbons (Fsp3) is 0.179. The van der Waals surface area contributed by atoms with Crippen molar-refractivity contribution in [1.82, 2.24) is 19.7 Å². The van der Waals surface area contributed by atoms with E-state index in [4.69, 9.17) is 14.2 Å². The quantitative estimate of drug-likeness (QED) is 0.400. The lowest BCUT2D eigenvalue weighted by Crippen LogP contribution is -2.41. The Morgan fingerprint density at radius 1 is 1.05 bits per heavy atom. The third-order valence-corrected chi connectivity index (χ3v) is 6.53. The van der Waals surface area contributed by atoms with E-state index in [0.29, 0.717) is 40.4 Å². The predicted molar refractivity (Wildman–Crippen MR) is 139 cm³/mol. The van der Waals surface area contributed by atoms with E-state index in [1.807, 2.05) is 55.6 Å². The average molecular weight is 497 g/mol. The molecular formula is C28H24N4O5. The molecule has 6 rings (SSSR count). The molecule has 1 unspecified atom stereocenters. The molecule has 3 heterocycles. The van der Waals surface area contributed by atoms with E-state index >= 15 is 0 Å². The third kappa shape index (κ3) is 3.85. The number of carbonyl (C=O) groups excluding carboxylic acids is 1. The van der Waals surface area contributed by atoms with Gasteiger partial charge in [0, 0.05) is 23.3 Å². The summed E-state index contributed by atoms with van der Waals surface area (Å²) in [5.74, 6) is 1.55. The molecule has 9 heteroatoms. The van der Waals surface area contributed by atoms with Crippen molar-refractivity contribution in [2.75, 3.05) is 20.3 Å². The fourth-order valence-corrected chi connectivity index (χ4v) is 4.69. The number of benzene rings is 3. The zero-order valence-electron chi connectivity index (χ0n) is 20.3. The number of hydrogen-bond acceptors (Lipinski definition) is 6. The van der Waals surface area contributed by atoms with Crippen molar-refractivity contribution in [3.8, 4) is 22.9 Å². The maximum absolute atomic E-state index is 13.7. The number of aryl methyl sites for hydroxylation is 1. The van der Waals surface area contributed by atoms with Crippen molar-refractivity contribution in [2.45, 2.75) is 6.10 Å². The molecule has 1 atom stereocenters. The number of hydrogen-bond donors (Lipinski definition) is 1. The van der Waals surface area contributed by atoms with Crippen LogP contribution in [0.15, 0.2) is 77.6 Å². The van der Waals surface area contributed by atoms with Crippen LogP contribution in [0.1, 0.15) is 10.5 Å². The first-order valence-electron chi connectivity index (χ1n) is 11.9. The zero-order chi connectivity index (χ0) is 25.5. The standard InChI is InChI=1S/C28H24N4O5/c1-31-21-8-4-3-7-20(21)24-25(27(33)29-15-19-16-36-22-9-5-6-10-23(22)37-19)30-32(28(34)26(24)31)17-11-13-18(35-2)14-12-17/h3-14,19H,15-16H2,1-2H3,(H,29,33). The van der Waals surface area contributed by atoms with Gasteiger partial charge in [-0.3, -0.25) is 9.59 Å². The number of rotatable bonds is 5. The van der Waals surface area contributed by atoms with E-state index in [1.54, 1.807) is 35.9 Å². The lowest BCUT2D eigenvalue weighted by atomic mass is 10.1. The number of aromatic nitrogens is 3. The van der Waals surface area contributed by atoms with Crippen LogP contribution in [0.3, 0.4) is 0 Å². The van der Waals surface area contributed by atoms with Gasteiger partial charge < -0.3 is 24.1 Å². The van der Waals surface area contributed by atoms with E-state index in [0.717, 1.165) is 10.9 Å². The second-order valence-corrected chi connectivity index (χ2v) is 8.77. The Kier molecular flexibility index (Phi) is 5.52. The minimum Gasteiger partial charge on any atom is -0.497 e. The highest BCUT2D eigenvalue weighted by atomic mass is 16.6. The molecule has 0 radical (unpaired) electrons. The SMILES string of the molecule is COc1ccc(-n2nc(C(=O)NCC3COc4ccccc4O3)c3c4ccccc4n(C)c3c2=O)cc1. The second kappa shape index (κ2) is 9.02. The average Bonchev–Trinajstić information content (AvgIpc) is 3.25. The number of carbonyl (C=O) groups is 1. The number of nitrogens with zero attached hydrogens (tertiary/aromatic N) is 3. The highest BCUT2D eigenvalue weighted by molar-refractivity contribution is 6.16. The van der Waals surface area contributed by atoms with Crippen LogP contribution >= 0.6 is 0 Å². The highest BCUT2D eigenvalue weighted by Gasteiger charge is 2.26. The molecule has 1 aliphatic heterocycles. The molecule has 0 saturated heterocycles. The summed E-state index contributed by atoms with van der Waals surface area (Å²) in [4.78, 5) is 27.2. The fourth-order valence-electron chi connectivity index (χ4n) is 4.69. The molecule has 1 amide bonds. The molecule has 2 aromatic heterocycles.